The lowest BCUT2D eigenvalue weighted by molar-refractivity contribution is -0.385. The Balaban J connectivity index is 2.21. The molecule has 1 atom stereocenters. The summed E-state index contributed by atoms with van der Waals surface area (Å²) in [6.07, 6.45) is 1.84. The first-order valence-corrected chi connectivity index (χ1v) is 5.98. The van der Waals surface area contributed by atoms with E-state index in [1.165, 1.54) is 0 Å². The van der Waals surface area contributed by atoms with Crippen LogP contribution in [-0.4, -0.2) is 14.7 Å². The van der Waals surface area contributed by atoms with E-state index in [1.54, 1.807) is 23.7 Å². The van der Waals surface area contributed by atoms with Crippen molar-refractivity contribution in [1.29, 1.82) is 0 Å². The lowest BCUT2D eigenvalue weighted by atomic mass is 10.0. The Hall–Kier alpha value is -2.37. The third kappa shape index (κ3) is 2.90. The van der Waals surface area contributed by atoms with Gasteiger partial charge in [-0.05, 0) is 19.4 Å². The molecule has 0 aliphatic heterocycles. The van der Waals surface area contributed by atoms with Crippen molar-refractivity contribution in [3.8, 4) is 0 Å². The third-order valence-corrected chi connectivity index (χ3v) is 3.01. The minimum absolute atomic E-state index is 0.0470. The van der Waals surface area contributed by atoms with Gasteiger partial charge in [-0.2, -0.15) is 5.10 Å². The molecule has 0 saturated carbocycles. The van der Waals surface area contributed by atoms with Crippen LogP contribution in [0.1, 0.15) is 24.1 Å². The van der Waals surface area contributed by atoms with E-state index in [1.807, 2.05) is 32.3 Å². The van der Waals surface area contributed by atoms with Crippen molar-refractivity contribution in [3.63, 3.8) is 0 Å². The first kappa shape index (κ1) is 13.1. The summed E-state index contributed by atoms with van der Waals surface area (Å²) in [5.41, 5.74) is 1.67. The zero-order valence-corrected chi connectivity index (χ0v) is 11.1. The molecular formula is C13H16N4O2. The quantitative estimate of drug-likeness (QED) is 0.677. The maximum atomic E-state index is 10.9. The van der Waals surface area contributed by atoms with E-state index in [4.69, 9.17) is 0 Å². The Morgan fingerprint density at radius 3 is 2.74 bits per heavy atom. The summed E-state index contributed by atoms with van der Waals surface area (Å²) in [6.45, 7) is 3.68. The maximum absolute atomic E-state index is 10.9. The fourth-order valence-corrected chi connectivity index (χ4v) is 1.89. The molecule has 0 spiro atoms. The average Bonchev–Trinajstić information content (AvgIpc) is 2.74. The molecule has 0 aliphatic carbocycles. The molecule has 1 heterocycles. The smallest absolute Gasteiger partial charge is 0.272 e. The number of aryl methyl sites for hydroxylation is 2. The highest BCUT2D eigenvalue weighted by Crippen LogP contribution is 2.25. The van der Waals surface area contributed by atoms with Gasteiger partial charge in [-0.25, -0.2) is 0 Å². The standard InChI is InChI=1S/C13H16N4O2/c1-9-4-5-11(8-12(9)17(18)19)10(2)14-13-6-7-16(3)15-13/h4-8,10H,1-3H3,(H,14,15). The molecule has 0 fully saturated rings. The normalized spacial score (nSPS) is 12.2. The van der Waals surface area contributed by atoms with Crippen LogP contribution in [0.2, 0.25) is 0 Å². The summed E-state index contributed by atoms with van der Waals surface area (Å²) in [6, 6.07) is 7.08. The van der Waals surface area contributed by atoms with Gasteiger partial charge in [0.1, 0.15) is 5.82 Å². The van der Waals surface area contributed by atoms with E-state index in [2.05, 4.69) is 10.4 Å². The molecule has 0 aliphatic rings. The highest BCUT2D eigenvalue weighted by atomic mass is 16.6. The number of hydrogen-bond acceptors (Lipinski definition) is 4. The second-order valence-electron chi connectivity index (χ2n) is 4.54. The number of hydrogen-bond donors (Lipinski definition) is 1. The first-order valence-electron chi connectivity index (χ1n) is 5.98. The predicted octanol–water partition coefficient (Wildman–Crippen LogP) is 2.81. The number of nitro groups is 1. The summed E-state index contributed by atoms with van der Waals surface area (Å²) < 4.78 is 1.70. The molecule has 0 bridgehead atoms. The van der Waals surface area contributed by atoms with E-state index >= 15 is 0 Å². The van der Waals surface area contributed by atoms with Gasteiger partial charge in [-0.3, -0.25) is 14.8 Å². The fraction of sp³-hybridized carbons (Fsp3) is 0.308. The van der Waals surface area contributed by atoms with Gasteiger partial charge in [0.15, 0.2) is 0 Å². The number of nitro benzene ring substituents is 1. The average molecular weight is 260 g/mol. The molecule has 1 aromatic heterocycles. The maximum Gasteiger partial charge on any atom is 0.272 e. The molecule has 1 aromatic carbocycles. The van der Waals surface area contributed by atoms with Crippen LogP contribution in [0.15, 0.2) is 30.5 Å². The van der Waals surface area contributed by atoms with Gasteiger partial charge in [0.05, 0.1) is 11.0 Å². The topological polar surface area (TPSA) is 73.0 Å². The molecule has 100 valence electrons. The predicted molar refractivity (Wildman–Crippen MR) is 73.1 cm³/mol. The highest BCUT2D eigenvalue weighted by molar-refractivity contribution is 5.45. The molecular weight excluding hydrogens is 244 g/mol. The van der Waals surface area contributed by atoms with E-state index in [0.717, 1.165) is 11.4 Å². The van der Waals surface area contributed by atoms with Crippen molar-refractivity contribution in [2.24, 2.45) is 7.05 Å². The van der Waals surface area contributed by atoms with E-state index < -0.39 is 0 Å². The number of aromatic nitrogens is 2. The van der Waals surface area contributed by atoms with Gasteiger partial charge in [-0.1, -0.05) is 12.1 Å². The molecule has 1 unspecified atom stereocenters. The monoisotopic (exact) mass is 260 g/mol. The van der Waals surface area contributed by atoms with Crippen LogP contribution in [0.5, 0.6) is 0 Å². The molecule has 1 N–H and O–H groups in total. The van der Waals surface area contributed by atoms with Crippen molar-refractivity contribution in [2.45, 2.75) is 19.9 Å². The highest BCUT2D eigenvalue weighted by Gasteiger charge is 2.14. The number of nitrogens with zero attached hydrogens (tertiary/aromatic N) is 3. The summed E-state index contributed by atoms with van der Waals surface area (Å²) in [4.78, 5) is 10.6. The molecule has 2 rings (SSSR count). The Labute approximate surface area is 111 Å². The Morgan fingerprint density at radius 1 is 1.42 bits per heavy atom. The van der Waals surface area contributed by atoms with Crippen LogP contribution in [0.3, 0.4) is 0 Å². The second-order valence-corrected chi connectivity index (χ2v) is 4.54. The van der Waals surface area contributed by atoms with Crippen molar-refractivity contribution in [1.82, 2.24) is 9.78 Å². The van der Waals surface area contributed by atoms with Crippen LogP contribution in [-0.2, 0) is 7.05 Å². The van der Waals surface area contributed by atoms with Gasteiger partial charge in [0.25, 0.3) is 5.69 Å². The molecule has 2 aromatic rings. The number of rotatable bonds is 4. The fourth-order valence-electron chi connectivity index (χ4n) is 1.89. The van der Waals surface area contributed by atoms with Crippen molar-refractivity contribution in [3.05, 3.63) is 51.7 Å². The summed E-state index contributed by atoms with van der Waals surface area (Å²) >= 11 is 0. The lowest BCUT2D eigenvalue weighted by Gasteiger charge is -2.13. The van der Waals surface area contributed by atoms with E-state index in [0.29, 0.717) is 5.56 Å². The van der Waals surface area contributed by atoms with Crippen LogP contribution >= 0.6 is 0 Å². The van der Waals surface area contributed by atoms with Crippen LogP contribution < -0.4 is 5.32 Å². The largest absolute Gasteiger partial charge is 0.362 e. The van der Waals surface area contributed by atoms with Gasteiger partial charge in [0.2, 0.25) is 0 Å². The summed E-state index contributed by atoms with van der Waals surface area (Å²) in [5.74, 6) is 0.748. The van der Waals surface area contributed by atoms with Gasteiger partial charge >= 0.3 is 0 Å². The van der Waals surface area contributed by atoms with Gasteiger partial charge in [0, 0.05) is 30.9 Å². The van der Waals surface area contributed by atoms with Crippen molar-refractivity contribution < 1.29 is 4.92 Å². The molecule has 0 saturated heterocycles. The van der Waals surface area contributed by atoms with Gasteiger partial charge in [-0.15, -0.1) is 0 Å². The van der Waals surface area contributed by atoms with E-state index in [9.17, 15) is 10.1 Å². The number of nitrogens with one attached hydrogen (secondary N) is 1. The van der Waals surface area contributed by atoms with Crippen LogP contribution in [0, 0.1) is 17.0 Å². The molecule has 0 radical (unpaired) electrons. The SMILES string of the molecule is Cc1ccc(C(C)Nc2ccn(C)n2)cc1[N+](=O)[O-]. The second kappa shape index (κ2) is 5.09. The summed E-state index contributed by atoms with van der Waals surface area (Å²) in [5, 5.41) is 18.4. The minimum Gasteiger partial charge on any atom is -0.362 e. The first-order chi connectivity index (χ1) is 8.97. The molecule has 6 heteroatoms. The summed E-state index contributed by atoms with van der Waals surface area (Å²) in [7, 11) is 1.84. The number of anilines is 1. The van der Waals surface area contributed by atoms with Crippen LogP contribution in [0.4, 0.5) is 11.5 Å². The Morgan fingerprint density at radius 2 is 2.16 bits per heavy atom. The number of benzene rings is 1. The zero-order chi connectivity index (χ0) is 14.0. The molecule has 0 amide bonds. The molecule has 19 heavy (non-hydrogen) atoms. The third-order valence-electron chi connectivity index (χ3n) is 3.01. The Kier molecular flexibility index (Phi) is 3.50. The lowest BCUT2D eigenvalue weighted by Crippen LogP contribution is -2.08. The van der Waals surface area contributed by atoms with E-state index in [-0.39, 0.29) is 16.7 Å². The zero-order valence-electron chi connectivity index (χ0n) is 11.1. The van der Waals surface area contributed by atoms with Crippen molar-refractivity contribution >= 4 is 11.5 Å². The molecule has 6 nitrogen and oxygen atoms in total. The Bertz CT molecular complexity index is 606. The minimum atomic E-state index is -0.355. The van der Waals surface area contributed by atoms with Crippen LogP contribution in [0.25, 0.3) is 0 Å². The van der Waals surface area contributed by atoms with Crippen molar-refractivity contribution in [2.75, 3.05) is 5.32 Å². The van der Waals surface area contributed by atoms with Gasteiger partial charge < -0.3 is 5.32 Å².